The number of halogens is 1. The Morgan fingerprint density at radius 3 is 2.26 bits per heavy atom. The number of rotatable bonds is 4. The van der Waals surface area contributed by atoms with Crippen molar-refractivity contribution >= 4 is 40.1 Å². The first kappa shape index (κ1) is 19.4. The van der Waals surface area contributed by atoms with Crippen molar-refractivity contribution in [3.05, 3.63) is 58.8 Å². The Hall–Kier alpha value is -2.37. The third-order valence-corrected chi connectivity index (χ3v) is 5.30. The molecular formula is C21H24ClN3O2. The Labute approximate surface area is 164 Å². The molecule has 1 aromatic heterocycles. The minimum atomic E-state index is 0. The molecule has 1 saturated heterocycles. The minimum Gasteiger partial charge on any atom is -0.341 e. The number of carbonyl (C=O) groups is 1. The molecule has 0 spiro atoms. The van der Waals surface area contributed by atoms with E-state index in [4.69, 9.17) is 0 Å². The van der Waals surface area contributed by atoms with Gasteiger partial charge in [-0.15, -0.1) is 12.4 Å². The van der Waals surface area contributed by atoms with Crippen LogP contribution in [-0.2, 0) is 11.3 Å². The van der Waals surface area contributed by atoms with E-state index in [9.17, 15) is 9.59 Å². The molecule has 6 heteroatoms. The molecule has 2 aromatic carbocycles. The zero-order chi connectivity index (χ0) is 18.1. The van der Waals surface area contributed by atoms with Crippen molar-refractivity contribution in [2.24, 2.45) is 5.92 Å². The van der Waals surface area contributed by atoms with Crippen LogP contribution in [0.4, 0.5) is 0 Å². The normalized spacial score (nSPS) is 16.6. The number of carbonyl (C=O) groups excluding carboxylic acids is 1. The summed E-state index contributed by atoms with van der Waals surface area (Å²) in [5, 5.41) is 4.52. The second-order valence-electron chi connectivity index (χ2n) is 7.00. The van der Waals surface area contributed by atoms with E-state index in [1.54, 1.807) is 0 Å². The van der Waals surface area contributed by atoms with Crippen molar-refractivity contribution in [3.63, 3.8) is 0 Å². The highest BCUT2D eigenvalue weighted by Gasteiger charge is 2.26. The fourth-order valence-corrected chi connectivity index (χ4v) is 4.00. The topological polar surface area (TPSA) is 54.3 Å². The number of fused-ring (bicyclic) bond motifs is 2. The molecule has 1 aliphatic heterocycles. The molecule has 1 fully saturated rings. The van der Waals surface area contributed by atoms with Crippen LogP contribution in [0.25, 0.3) is 21.8 Å². The lowest BCUT2D eigenvalue weighted by Gasteiger charge is -2.20. The smallest absolute Gasteiger partial charge is 0.242 e. The molecule has 1 aliphatic rings. The van der Waals surface area contributed by atoms with Gasteiger partial charge in [-0.25, -0.2) is 0 Å². The Kier molecular flexibility index (Phi) is 5.82. The number of amides is 1. The van der Waals surface area contributed by atoms with Gasteiger partial charge in [0.2, 0.25) is 5.91 Å². The average Bonchev–Trinajstić information content (AvgIpc) is 3.14. The maximum Gasteiger partial charge on any atom is 0.242 e. The van der Waals surface area contributed by atoms with Crippen molar-refractivity contribution < 1.29 is 4.79 Å². The zero-order valence-electron chi connectivity index (χ0n) is 15.4. The van der Waals surface area contributed by atoms with Gasteiger partial charge in [0, 0.05) is 23.9 Å². The van der Waals surface area contributed by atoms with Crippen LogP contribution in [0.5, 0.6) is 0 Å². The van der Waals surface area contributed by atoms with E-state index < -0.39 is 0 Å². The molecule has 1 unspecified atom stereocenters. The van der Waals surface area contributed by atoms with Crippen LogP contribution in [0.15, 0.2) is 53.3 Å². The molecule has 3 aromatic rings. The molecule has 1 atom stereocenters. The van der Waals surface area contributed by atoms with Crippen molar-refractivity contribution in [1.29, 1.82) is 0 Å². The predicted octanol–water partition coefficient (Wildman–Crippen LogP) is 2.64. The highest BCUT2D eigenvalue weighted by Crippen LogP contribution is 2.21. The molecule has 5 nitrogen and oxygen atoms in total. The molecular weight excluding hydrogens is 362 g/mol. The first-order valence-corrected chi connectivity index (χ1v) is 9.11. The highest BCUT2D eigenvalue weighted by molar-refractivity contribution is 5.94. The van der Waals surface area contributed by atoms with E-state index in [2.05, 4.69) is 5.32 Å². The van der Waals surface area contributed by atoms with Crippen LogP contribution in [0.1, 0.15) is 6.42 Å². The summed E-state index contributed by atoms with van der Waals surface area (Å²) in [5.41, 5.74) is 1.65. The zero-order valence-corrected chi connectivity index (χ0v) is 16.2. The number of para-hydroxylation sites is 2. The van der Waals surface area contributed by atoms with Gasteiger partial charge < -0.3 is 14.8 Å². The van der Waals surface area contributed by atoms with E-state index in [1.165, 1.54) is 0 Å². The van der Waals surface area contributed by atoms with E-state index in [0.717, 1.165) is 37.1 Å². The second kappa shape index (κ2) is 8.11. The number of benzene rings is 2. The quantitative estimate of drug-likeness (QED) is 0.702. The summed E-state index contributed by atoms with van der Waals surface area (Å²) in [6, 6.07) is 15.1. The number of hydrogen-bond donors (Lipinski definition) is 1. The summed E-state index contributed by atoms with van der Waals surface area (Å²) in [4.78, 5) is 27.7. The highest BCUT2D eigenvalue weighted by atomic mass is 35.5. The standard InChI is InChI=1S/C21H23N3O2.ClH/c1-22-12-15-10-11-23(13-15)20(25)14-24-18-8-4-2-6-16(18)21(26)17-7-3-5-9-19(17)24;/h2-9,15,22H,10-14H2,1H3;1H. The molecule has 2 heterocycles. The van der Waals surface area contributed by atoms with Crippen LogP contribution in [-0.4, -0.2) is 42.1 Å². The van der Waals surface area contributed by atoms with Crippen LogP contribution in [0.3, 0.4) is 0 Å². The number of nitrogens with zero attached hydrogens (tertiary/aromatic N) is 2. The minimum absolute atomic E-state index is 0. The van der Waals surface area contributed by atoms with Gasteiger partial charge in [-0.1, -0.05) is 24.3 Å². The number of likely N-dealkylation sites (tertiary alicyclic amines) is 1. The molecule has 27 heavy (non-hydrogen) atoms. The summed E-state index contributed by atoms with van der Waals surface area (Å²) in [6.45, 7) is 2.80. The van der Waals surface area contributed by atoms with Gasteiger partial charge in [-0.3, -0.25) is 9.59 Å². The van der Waals surface area contributed by atoms with E-state index in [-0.39, 0.29) is 30.3 Å². The van der Waals surface area contributed by atoms with Gasteiger partial charge in [0.1, 0.15) is 6.54 Å². The number of pyridine rings is 1. The fourth-order valence-electron chi connectivity index (χ4n) is 4.00. The lowest BCUT2D eigenvalue weighted by molar-refractivity contribution is -0.130. The molecule has 142 valence electrons. The largest absolute Gasteiger partial charge is 0.341 e. The predicted molar refractivity (Wildman–Crippen MR) is 112 cm³/mol. The molecule has 1 amide bonds. The van der Waals surface area contributed by atoms with E-state index >= 15 is 0 Å². The Balaban J connectivity index is 0.00000210. The fraction of sp³-hybridized carbons (Fsp3) is 0.333. The Morgan fingerprint density at radius 2 is 1.67 bits per heavy atom. The summed E-state index contributed by atoms with van der Waals surface area (Å²) in [6.07, 6.45) is 1.04. The van der Waals surface area contributed by atoms with Crippen LogP contribution in [0, 0.1) is 5.92 Å². The monoisotopic (exact) mass is 385 g/mol. The van der Waals surface area contributed by atoms with Crippen molar-refractivity contribution in [2.75, 3.05) is 26.7 Å². The third-order valence-electron chi connectivity index (χ3n) is 5.30. The molecule has 4 rings (SSSR count). The van der Waals surface area contributed by atoms with Gasteiger partial charge in [-0.05, 0) is 50.2 Å². The van der Waals surface area contributed by atoms with Gasteiger partial charge >= 0.3 is 0 Å². The molecule has 0 bridgehead atoms. The SMILES string of the molecule is CNCC1CCN(C(=O)Cn2c3ccccc3c(=O)c3ccccc32)C1.Cl. The lowest BCUT2D eigenvalue weighted by atomic mass is 10.1. The van der Waals surface area contributed by atoms with Crippen molar-refractivity contribution in [2.45, 2.75) is 13.0 Å². The third kappa shape index (κ3) is 3.57. The van der Waals surface area contributed by atoms with Gasteiger partial charge in [-0.2, -0.15) is 0 Å². The summed E-state index contributed by atoms with van der Waals surface area (Å²) >= 11 is 0. The van der Waals surface area contributed by atoms with Crippen LogP contribution in [0.2, 0.25) is 0 Å². The number of hydrogen-bond acceptors (Lipinski definition) is 3. The van der Waals surface area contributed by atoms with Gasteiger partial charge in [0.05, 0.1) is 11.0 Å². The summed E-state index contributed by atoms with van der Waals surface area (Å²) < 4.78 is 1.99. The number of nitrogens with one attached hydrogen (secondary N) is 1. The lowest BCUT2D eigenvalue weighted by Crippen LogP contribution is -2.33. The second-order valence-corrected chi connectivity index (χ2v) is 7.00. The van der Waals surface area contributed by atoms with Crippen molar-refractivity contribution in [3.8, 4) is 0 Å². The number of aromatic nitrogens is 1. The van der Waals surface area contributed by atoms with Gasteiger partial charge in [0.25, 0.3) is 0 Å². The molecule has 0 aliphatic carbocycles. The average molecular weight is 386 g/mol. The molecule has 0 saturated carbocycles. The maximum absolute atomic E-state index is 12.9. The van der Waals surface area contributed by atoms with Gasteiger partial charge in [0.15, 0.2) is 5.43 Å². The Morgan fingerprint density at radius 1 is 1.07 bits per heavy atom. The van der Waals surface area contributed by atoms with Crippen LogP contribution >= 0.6 is 12.4 Å². The Bertz CT molecular complexity index is 971. The summed E-state index contributed by atoms with van der Waals surface area (Å²) in [7, 11) is 1.95. The maximum atomic E-state index is 12.9. The first-order chi connectivity index (χ1) is 12.7. The molecule has 1 N–H and O–H groups in total. The van der Waals surface area contributed by atoms with Crippen LogP contribution < -0.4 is 10.7 Å². The molecule has 0 radical (unpaired) electrons. The van der Waals surface area contributed by atoms with E-state index in [1.807, 2.05) is 65.0 Å². The first-order valence-electron chi connectivity index (χ1n) is 9.11. The van der Waals surface area contributed by atoms with E-state index in [0.29, 0.717) is 16.7 Å². The summed E-state index contributed by atoms with van der Waals surface area (Å²) in [5.74, 6) is 0.633. The van der Waals surface area contributed by atoms with Crippen molar-refractivity contribution in [1.82, 2.24) is 14.8 Å².